The van der Waals surface area contributed by atoms with E-state index in [1.807, 2.05) is 0 Å². The minimum Gasteiger partial charge on any atom is -0.460 e. The predicted octanol–water partition coefficient (Wildman–Crippen LogP) is 2.05. The number of fused-ring (bicyclic) bond motifs is 2. The van der Waals surface area contributed by atoms with E-state index in [-0.39, 0.29) is 12.6 Å². The number of ether oxygens (including phenoxy) is 1. The first-order valence-electron chi connectivity index (χ1n) is 6.21. The number of aliphatic hydroxyl groups excluding tert-OH is 1. The molecule has 0 aliphatic heterocycles. The molecule has 0 amide bonds. The van der Waals surface area contributed by atoms with Crippen LogP contribution in [0.4, 0.5) is 0 Å². The van der Waals surface area contributed by atoms with E-state index in [2.05, 4.69) is 6.92 Å². The third-order valence-corrected chi connectivity index (χ3v) is 3.74. The van der Waals surface area contributed by atoms with E-state index >= 15 is 0 Å². The summed E-state index contributed by atoms with van der Waals surface area (Å²) in [6.07, 6.45) is 3.89. The lowest BCUT2D eigenvalue weighted by Gasteiger charge is -2.18. The van der Waals surface area contributed by atoms with Crippen LogP contribution >= 0.6 is 0 Å². The highest BCUT2D eigenvalue weighted by Gasteiger charge is 2.41. The largest absolute Gasteiger partial charge is 0.460 e. The van der Waals surface area contributed by atoms with Crippen molar-refractivity contribution in [2.24, 2.45) is 11.8 Å². The van der Waals surface area contributed by atoms with Crippen molar-refractivity contribution in [2.75, 3.05) is 6.61 Å². The zero-order chi connectivity index (χ0) is 11.7. The van der Waals surface area contributed by atoms with Gasteiger partial charge in [0.25, 0.3) is 0 Å². The number of esters is 1. The van der Waals surface area contributed by atoms with Crippen LogP contribution < -0.4 is 0 Å². The van der Waals surface area contributed by atoms with Crippen molar-refractivity contribution in [3.05, 3.63) is 11.1 Å². The molecule has 0 spiro atoms. The molecule has 2 rings (SSSR count). The lowest BCUT2D eigenvalue weighted by molar-refractivity contribution is -0.142. The van der Waals surface area contributed by atoms with E-state index in [4.69, 9.17) is 9.84 Å². The van der Waals surface area contributed by atoms with Crippen molar-refractivity contribution < 1.29 is 14.6 Å². The number of hydrogen-bond acceptors (Lipinski definition) is 3. The molecule has 3 nitrogen and oxygen atoms in total. The van der Waals surface area contributed by atoms with Gasteiger partial charge in [-0.15, -0.1) is 0 Å². The molecule has 2 bridgehead atoms. The first-order chi connectivity index (χ1) is 7.63. The highest BCUT2D eigenvalue weighted by atomic mass is 16.5. The van der Waals surface area contributed by atoms with E-state index in [9.17, 15) is 4.79 Å². The van der Waals surface area contributed by atoms with E-state index in [1.165, 1.54) is 12.0 Å². The van der Waals surface area contributed by atoms with Crippen LogP contribution in [-0.4, -0.2) is 23.8 Å². The first-order valence-corrected chi connectivity index (χ1v) is 6.21. The van der Waals surface area contributed by atoms with Gasteiger partial charge in [0.2, 0.25) is 0 Å². The van der Waals surface area contributed by atoms with Crippen LogP contribution in [-0.2, 0) is 9.53 Å². The Morgan fingerprint density at radius 2 is 2.19 bits per heavy atom. The zero-order valence-corrected chi connectivity index (χ0v) is 10.0. The van der Waals surface area contributed by atoms with Gasteiger partial charge in [-0.3, -0.25) is 0 Å². The van der Waals surface area contributed by atoms with Gasteiger partial charge in [0, 0.05) is 5.57 Å². The van der Waals surface area contributed by atoms with Crippen LogP contribution in [0.1, 0.15) is 39.5 Å². The second-order valence-corrected chi connectivity index (χ2v) is 4.95. The summed E-state index contributed by atoms with van der Waals surface area (Å²) in [4.78, 5) is 11.9. The number of carbonyl (C=O) groups excluding carboxylic acids is 1. The Kier molecular flexibility index (Phi) is 3.33. The van der Waals surface area contributed by atoms with Crippen LogP contribution in [0.2, 0.25) is 0 Å². The minimum atomic E-state index is -0.576. The Labute approximate surface area is 96.5 Å². The monoisotopic (exact) mass is 224 g/mol. The molecule has 0 heterocycles. The molecule has 3 unspecified atom stereocenters. The normalized spacial score (nSPS) is 29.7. The maximum absolute atomic E-state index is 11.9. The molecule has 0 aromatic rings. The quantitative estimate of drug-likeness (QED) is 0.743. The first kappa shape index (κ1) is 11.6. The van der Waals surface area contributed by atoms with Crippen LogP contribution in [0, 0.1) is 11.8 Å². The summed E-state index contributed by atoms with van der Waals surface area (Å²) in [5.74, 6) is 0.871. The maximum atomic E-state index is 11.9. The number of carbonyl (C=O) groups is 1. The van der Waals surface area contributed by atoms with E-state index in [0.717, 1.165) is 24.8 Å². The Bertz CT molecular complexity index is 317. The third kappa shape index (κ3) is 2.01. The fourth-order valence-corrected chi connectivity index (χ4v) is 3.09. The van der Waals surface area contributed by atoms with Crippen LogP contribution in [0.3, 0.4) is 0 Å². The summed E-state index contributed by atoms with van der Waals surface area (Å²) in [5, 5.41) is 9.11. The number of allylic oxidation sites excluding steroid dienone is 1. The Morgan fingerprint density at radius 1 is 1.50 bits per heavy atom. The summed E-state index contributed by atoms with van der Waals surface area (Å²) in [6.45, 7) is 3.85. The van der Waals surface area contributed by atoms with Crippen molar-refractivity contribution in [2.45, 2.75) is 45.6 Å². The molecule has 90 valence electrons. The van der Waals surface area contributed by atoms with Crippen molar-refractivity contribution in [1.29, 1.82) is 0 Å². The lowest BCUT2D eigenvalue weighted by Crippen LogP contribution is -2.20. The molecule has 3 heteroatoms. The van der Waals surface area contributed by atoms with Gasteiger partial charge >= 0.3 is 5.97 Å². The molecule has 0 saturated heterocycles. The van der Waals surface area contributed by atoms with Crippen molar-refractivity contribution in [1.82, 2.24) is 0 Å². The molecule has 1 fully saturated rings. The number of rotatable bonds is 4. The smallest absolute Gasteiger partial charge is 0.334 e. The molecule has 0 aromatic carbocycles. The molecule has 16 heavy (non-hydrogen) atoms. The van der Waals surface area contributed by atoms with Gasteiger partial charge < -0.3 is 9.84 Å². The topological polar surface area (TPSA) is 46.5 Å². The molecule has 3 atom stereocenters. The van der Waals surface area contributed by atoms with E-state index < -0.39 is 6.10 Å². The average Bonchev–Trinajstić information content (AvgIpc) is 2.84. The summed E-state index contributed by atoms with van der Waals surface area (Å²) in [5.41, 5.74) is 2.24. The fourth-order valence-electron chi connectivity index (χ4n) is 3.09. The van der Waals surface area contributed by atoms with E-state index in [0.29, 0.717) is 11.8 Å². The Hall–Kier alpha value is -0.830. The van der Waals surface area contributed by atoms with Gasteiger partial charge in [0.1, 0.15) is 6.61 Å². The standard InChI is InChI=1S/C13H20O3/c1-3-11-9-4-5-10(6-9)12(11)13(15)16-7-8(2)14/h8-10,14H,3-7H2,1-2H3. The molecular weight excluding hydrogens is 204 g/mol. The van der Waals surface area contributed by atoms with Crippen LogP contribution in [0.5, 0.6) is 0 Å². The Balaban J connectivity index is 2.07. The highest BCUT2D eigenvalue weighted by Crippen LogP contribution is 2.49. The predicted molar refractivity (Wildman–Crippen MR) is 60.8 cm³/mol. The molecule has 0 radical (unpaired) electrons. The molecular formula is C13H20O3. The maximum Gasteiger partial charge on any atom is 0.334 e. The van der Waals surface area contributed by atoms with Crippen molar-refractivity contribution >= 4 is 5.97 Å². The van der Waals surface area contributed by atoms with Crippen molar-refractivity contribution in [3.8, 4) is 0 Å². The van der Waals surface area contributed by atoms with Crippen LogP contribution in [0.25, 0.3) is 0 Å². The zero-order valence-electron chi connectivity index (χ0n) is 10.0. The second kappa shape index (κ2) is 4.58. The SMILES string of the molecule is CCC1=C(C(=O)OCC(C)O)C2CCC1C2. The average molecular weight is 224 g/mol. The van der Waals surface area contributed by atoms with Gasteiger partial charge in [-0.1, -0.05) is 12.5 Å². The van der Waals surface area contributed by atoms with Gasteiger partial charge in [-0.2, -0.15) is 0 Å². The molecule has 2 aliphatic carbocycles. The highest BCUT2D eigenvalue weighted by molar-refractivity contribution is 5.91. The molecule has 1 N–H and O–H groups in total. The lowest BCUT2D eigenvalue weighted by atomic mass is 9.90. The Morgan fingerprint density at radius 3 is 2.81 bits per heavy atom. The minimum absolute atomic E-state index is 0.108. The summed E-state index contributed by atoms with van der Waals surface area (Å²) in [7, 11) is 0. The van der Waals surface area contributed by atoms with Gasteiger partial charge in [-0.05, 0) is 44.4 Å². The summed E-state index contributed by atoms with van der Waals surface area (Å²) in [6, 6.07) is 0. The van der Waals surface area contributed by atoms with Gasteiger partial charge in [-0.25, -0.2) is 4.79 Å². The van der Waals surface area contributed by atoms with Crippen molar-refractivity contribution in [3.63, 3.8) is 0 Å². The number of aliphatic hydroxyl groups is 1. The second-order valence-electron chi connectivity index (χ2n) is 4.95. The third-order valence-electron chi connectivity index (χ3n) is 3.74. The molecule has 0 aromatic heterocycles. The number of hydrogen-bond donors (Lipinski definition) is 1. The fraction of sp³-hybridized carbons (Fsp3) is 0.769. The van der Waals surface area contributed by atoms with Crippen LogP contribution in [0.15, 0.2) is 11.1 Å². The van der Waals surface area contributed by atoms with E-state index in [1.54, 1.807) is 6.92 Å². The summed E-state index contributed by atoms with van der Waals surface area (Å²) < 4.78 is 5.13. The van der Waals surface area contributed by atoms with Gasteiger partial charge in [0.05, 0.1) is 6.10 Å². The molecule has 2 aliphatic rings. The molecule has 1 saturated carbocycles. The van der Waals surface area contributed by atoms with Gasteiger partial charge in [0.15, 0.2) is 0 Å². The summed E-state index contributed by atoms with van der Waals surface area (Å²) >= 11 is 0.